The summed E-state index contributed by atoms with van der Waals surface area (Å²) in [6.45, 7) is 7.86. The molecule has 1 heterocycles. The van der Waals surface area contributed by atoms with Gasteiger partial charge in [0.15, 0.2) is 6.29 Å². The van der Waals surface area contributed by atoms with E-state index in [1.807, 2.05) is 18.2 Å². The van der Waals surface area contributed by atoms with E-state index in [1.165, 1.54) is 7.11 Å². The maximum Gasteiger partial charge on any atom is 0.305 e. The van der Waals surface area contributed by atoms with Crippen molar-refractivity contribution in [1.82, 2.24) is 0 Å². The third kappa shape index (κ3) is 6.60. The second-order valence-corrected chi connectivity index (χ2v) is 10.8. The van der Waals surface area contributed by atoms with Gasteiger partial charge in [0.25, 0.3) is 0 Å². The molecular weight excluding hydrogens is 432 g/mol. The summed E-state index contributed by atoms with van der Waals surface area (Å²) in [5.74, 6) is 1.37. The molecule has 190 valence electrons. The van der Waals surface area contributed by atoms with E-state index < -0.39 is 0 Å². The Bertz CT molecular complexity index is 767. The van der Waals surface area contributed by atoms with E-state index in [0.717, 1.165) is 44.3 Å². The normalized spacial score (nSPS) is 36.1. The van der Waals surface area contributed by atoms with Crippen molar-refractivity contribution < 1.29 is 28.5 Å². The molecule has 3 aliphatic rings. The average molecular weight is 475 g/mol. The molecule has 0 N–H and O–H groups in total. The van der Waals surface area contributed by atoms with Crippen LogP contribution in [-0.4, -0.2) is 50.7 Å². The van der Waals surface area contributed by atoms with E-state index in [4.69, 9.17) is 23.7 Å². The van der Waals surface area contributed by atoms with Crippen LogP contribution >= 0.6 is 0 Å². The number of benzene rings is 1. The van der Waals surface area contributed by atoms with Crippen LogP contribution in [0.1, 0.15) is 71.1 Å². The lowest BCUT2D eigenvalue weighted by Crippen LogP contribution is -2.47. The summed E-state index contributed by atoms with van der Waals surface area (Å²) in [4.78, 5) is 12.0. The highest BCUT2D eigenvalue weighted by Gasteiger charge is 2.43. The molecular formula is C28H42O6. The lowest BCUT2D eigenvalue weighted by Gasteiger charge is -2.46. The minimum absolute atomic E-state index is 0.0866. The smallest absolute Gasteiger partial charge is 0.305 e. The van der Waals surface area contributed by atoms with Crippen LogP contribution < -0.4 is 0 Å². The molecule has 2 aliphatic carbocycles. The van der Waals surface area contributed by atoms with Crippen LogP contribution in [0.4, 0.5) is 0 Å². The van der Waals surface area contributed by atoms with Gasteiger partial charge in [0.1, 0.15) is 0 Å². The summed E-state index contributed by atoms with van der Waals surface area (Å²) in [5, 5.41) is 0. The maximum atomic E-state index is 12.0. The van der Waals surface area contributed by atoms with Crippen LogP contribution in [-0.2, 0) is 28.5 Å². The summed E-state index contributed by atoms with van der Waals surface area (Å²) in [7, 11) is 1.45. The molecule has 34 heavy (non-hydrogen) atoms. The molecule has 1 saturated heterocycles. The minimum atomic E-state index is -0.300. The molecule has 8 unspecified atom stereocenters. The third-order valence-corrected chi connectivity index (χ3v) is 7.67. The number of ether oxygens (including phenoxy) is 5. The lowest BCUT2D eigenvalue weighted by molar-refractivity contribution is -0.269. The molecule has 6 heteroatoms. The number of esters is 1. The van der Waals surface area contributed by atoms with Crippen molar-refractivity contribution in [3.8, 4) is 0 Å². The highest BCUT2D eigenvalue weighted by molar-refractivity contribution is 5.69. The number of methoxy groups -OCH3 is 1. The summed E-state index contributed by atoms with van der Waals surface area (Å²) < 4.78 is 30.3. The van der Waals surface area contributed by atoms with E-state index in [9.17, 15) is 4.79 Å². The van der Waals surface area contributed by atoms with Crippen LogP contribution in [0.3, 0.4) is 0 Å². The summed E-state index contributed by atoms with van der Waals surface area (Å²) >= 11 is 0. The first-order valence-corrected chi connectivity index (χ1v) is 13.1. The molecule has 2 saturated carbocycles. The molecule has 3 fully saturated rings. The van der Waals surface area contributed by atoms with Gasteiger partial charge < -0.3 is 23.7 Å². The fourth-order valence-corrected chi connectivity index (χ4v) is 6.15. The molecule has 1 aliphatic heterocycles. The maximum absolute atomic E-state index is 12.0. The van der Waals surface area contributed by atoms with E-state index in [-0.39, 0.29) is 42.6 Å². The monoisotopic (exact) mass is 474 g/mol. The minimum Gasteiger partial charge on any atom is -0.469 e. The van der Waals surface area contributed by atoms with Crippen LogP contribution in [0.25, 0.3) is 0 Å². The Labute approximate surface area is 204 Å². The largest absolute Gasteiger partial charge is 0.469 e. The number of fused-ring (bicyclic) bond motifs is 1. The molecule has 0 aromatic heterocycles. The van der Waals surface area contributed by atoms with Crippen molar-refractivity contribution in [2.24, 2.45) is 23.7 Å². The van der Waals surface area contributed by atoms with E-state index >= 15 is 0 Å². The van der Waals surface area contributed by atoms with Gasteiger partial charge in [-0.1, -0.05) is 37.3 Å². The summed E-state index contributed by atoms with van der Waals surface area (Å²) in [6, 6.07) is 10.2. The number of hydrogen-bond donors (Lipinski definition) is 0. The molecule has 1 aromatic carbocycles. The Kier molecular flexibility index (Phi) is 9.03. The molecule has 0 radical (unpaired) electrons. The molecule has 0 bridgehead atoms. The molecule has 4 rings (SSSR count). The zero-order chi connectivity index (χ0) is 24.1. The topological polar surface area (TPSA) is 63.2 Å². The first kappa shape index (κ1) is 25.6. The Hall–Kier alpha value is -1.47. The molecule has 1 aromatic rings. The van der Waals surface area contributed by atoms with Gasteiger partial charge in [0, 0.05) is 17.4 Å². The Morgan fingerprint density at radius 3 is 2.62 bits per heavy atom. The van der Waals surface area contributed by atoms with Gasteiger partial charge in [0.2, 0.25) is 0 Å². The number of rotatable bonds is 8. The fraction of sp³-hybridized carbons (Fsp3) is 0.750. The Morgan fingerprint density at radius 1 is 1.09 bits per heavy atom. The van der Waals surface area contributed by atoms with Crippen molar-refractivity contribution in [2.75, 3.05) is 20.3 Å². The highest BCUT2D eigenvalue weighted by atomic mass is 16.7. The molecule has 0 amide bonds. The summed E-state index contributed by atoms with van der Waals surface area (Å²) in [6.07, 6.45) is 5.57. The highest BCUT2D eigenvalue weighted by Crippen LogP contribution is 2.42. The zero-order valence-electron chi connectivity index (χ0n) is 21.2. The lowest BCUT2D eigenvalue weighted by atomic mass is 9.73. The zero-order valence-corrected chi connectivity index (χ0v) is 21.2. The molecule has 6 nitrogen and oxygen atoms in total. The summed E-state index contributed by atoms with van der Waals surface area (Å²) in [5.41, 5.74) is 1.08. The van der Waals surface area contributed by atoms with Crippen molar-refractivity contribution in [1.29, 1.82) is 0 Å². The molecule has 8 atom stereocenters. The predicted octanol–water partition coefficient (Wildman–Crippen LogP) is 5.30. The first-order valence-electron chi connectivity index (χ1n) is 13.1. The first-order chi connectivity index (χ1) is 16.4. The van der Waals surface area contributed by atoms with Gasteiger partial charge in [-0.3, -0.25) is 4.79 Å². The number of carbonyl (C=O) groups excluding carboxylic acids is 1. The van der Waals surface area contributed by atoms with Crippen LogP contribution in [0.5, 0.6) is 0 Å². The van der Waals surface area contributed by atoms with Crippen LogP contribution in [0.2, 0.25) is 0 Å². The average Bonchev–Trinajstić information content (AvgIpc) is 2.83. The van der Waals surface area contributed by atoms with Gasteiger partial charge >= 0.3 is 5.97 Å². The standard InChI is InChI=1S/C28H42O6/c1-18(2)33-25-11-10-24(14-21(25)15-26(29)30-4)31-16-22-12-19(3)13-23-17-32-28(34-27(22)23)20-8-6-5-7-9-20/h5-9,18-19,21-25,27-28H,10-17H2,1-4H3. The quantitative estimate of drug-likeness (QED) is 0.476. The van der Waals surface area contributed by atoms with Gasteiger partial charge in [-0.15, -0.1) is 0 Å². The van der Waals surface area contributed by atoms with Gasteiger partial charge in [0.05, 0.1) is 51.2 Å². The Morgan fingerprint density at radius 2 is 1.88 bits per heavy atom. The van der Waals surface area contributed by atoms with Gasteiger partial charge in [-0.25, -0.2) is 0 Å². The van der Waals surface area contributed by atoms with Crippen molar-refractivity contribution >= 4 is 5.97 Å². The predicted molar refractivity (Wildman–Crippen MR) is 129 cm³/mol. The van der Waals surface area contributed by atoms with E-state index in [2.05, 4.69) is 32.9 Å². The van der Waals surface area contributed by atoms with Crippen molar-refractivity contribution in [3.63, 3.8) is 0 Å². The van der Waals surface area contributed by atoms with Gasteiger partial charge in [-0.05, 0) is 57.8 Å². The van der Waals surface area contributed by atoms with E-state index in [0.29, 0.717) is 30.8 Å². The van der Waals surface area contributed by atoms with Crippen LogP contribution in [0.15, 0.2) is 30.3 Å². The number of carbonyl (C=O) groups is 1. The van der Waals surface area contributed by atoms with Crippen LogP contribution in [0, 0.1) is 23.7 Å². The number of hydrogen-bond acceptors (Lipinski definition) is 6. The third-order valence-electron chi connectivity index (χ3n) is 7.67. The van der Waals surface area contributed by atoms with Gasteiger partial charge in [-0.2, -0.15) is 0 Å². The fourth-order valence-electron chi connectivity index (χ4n) is 6.15. The second-order valence-electron chi connectivity index (χ2n) is 10.8. The Balaban J connectivity index is 1.36. The molecule has 0 spiro atoms. The SMILES string of the molecule is COC(=O)CC1CC(OCC2CC(C)CC3COC(c4ccccc4)OC23)CCC1OC(C)C. The van der Waals surface area contributed by atoms with Crippen molar-refractivity contribution in [3.05, 3.63) is 35.9 Å². The van der Waals surface area contributed by atoms with E-state index in [1.54, 1.807) is 0 Å². The second kappa shape index (κ2) is 12.0. The van der Waals surface area contributed by atoms with Crippen molar-refractivity contribution in [2.45, 2.75) is 90.0 Å².